The number of nitrogens with zero attached hydrogens (tertiary/aromatic N) is 1. The number of rotatable bonds is 6. The zero-order valence-electron chi connectivity index (χ0n) is 13.3. The van der Waals surface area contributed by atoms with E-state index in [1.807, 2.05) is 56.4 Å². The number of carbonyl (C=O) groups is 1. The van der Waals surface area contributed by atoms with E-state index in [2.05, 4.69) is 10.2 Å². The van der Waals surface area contributed by atoms with Crippen LogP contribution in [0.4, 0.5) is 5.69 Å². The SMILES string of the molecule is COc1cc(C(=O)NCCN(C)c2ccccc2)ccc1C. The molecule has 22 heavy (non-hydrogen) atoms. The number of hydrogen-bond acceptors (Lipinski definition) is 3. The van der Waals surface area contributed by atoms with E-state index < -0.39 is 0 Å². The van der Waals surface area contributed by atoms with Crippen molar-refractivity contribution in [3.63, 3.8) is 0 Å². The number of aryl methyl sites for hydroxylation is 1. The molecular formula is C18H22N2O2. The first-order chi connectivity index (χ1) is 10.6. The molecule has 0 heterocycles. The normalized spacial score (nSPS) is 10.1. The van der Waals surface area contributed by atoms with E-state index in [-0.39, 0.29) is 5.91 Å². The number of amides is 1. The lowest BCUT2D eigenvalue weighted by molar-refractivity contribution is 0.0954. The number of nitrogens with one attached hydrogen (secondary N) is 1. The third kappa shape index (κ3) is 4.01. The van der Waals surface area contributed by atoms with Crippen molar-refractivity contribution in [2.45, 2.75) is 6.92 Å². The molecule has 1 amide bonds. The molecule has 0 bridgehead atoms. The number of carbonyl (C=O) groups excluding carboxylic acids is 1. The molecule has 0 aliphatic rings. The van der Waals surface area contributed by atoms with Crippen LogP contribution in [0.1, 0.15) is 15.9 Å². The summed E-state index contributed by atoms with van der Waals surface area (Å²) in [6, 6.07) is 15.6. The summed E-state index contributed by atoms with van der Waals surface area (Å²) in [5, 5.41) is 2.93. The number of benzene rings is 2. The molecule has 0 saturated heterocycles. The summed E-state index contributed by atoms with van der Waals surface area (Å²) in [5.41, 5.74) is 2.77. The molecule has 4 heteroatoms. The van der Waals surface area contributed by atoms with Crippen molar-refractivity contribution in [1.29, 1.82) is 0 Å². The highest BCUT2D eigenvalue weighted by molar-refractivity contribution is 5.94. The highest BCUT2D eigenvalue weighted by Gasteiger charge is 2.08. The Morgan fingerprint density at radius 2 is 1.91 bits per heavy atom. The summed E-state index contributed by atoms with van der Waals surface area (Å²) < 4.78 is 5.25. The quantitative estimate of drug-likeness (QED) is 0.891. The van der Waals surface area contributed by atoms with Gasteiger partial charge in [-0.25, -0.2) is 0 Å². The predicted octanol–water partition coefficient (Wildman–Crippen LogP) is 2.87. The van der Waals surface area contributed by atoms with Crippen LogP contribution >= 0.6 is 0 Å². The average molecular weight is 298 g/mol. The molecular weight excluding hydrogens is 276 g/mol. The molecule has 0 aliphatic carbocycles. The fourth-order valence-corrected chi connectivity index (χ4v) is 2.21. The second-order valence-electron chi connectivity index (χ2n) is 5.20. The molecule has 2 aromatic carbocycles. The monoisotopic (exact) mass is 298 g/mol. The van der Waals surface area contributed by atoms with Crippen LogP contribution in [-0.4, -0.2) is 33.2 Å². The van der Waals surface area contributed by atoms with E-state index in [0.717, 1.165) is 23.5 Å². The van der Waals surface area contributed by atoms with Crippen molar-refractivity contribution in [2.75, 3.05) is 32.1 Å². The second kappa shape index (κ2) is 7.50. The highest BCUT2D eigenvalue weighted by atomic mass is 16.5. The van der Waals surface area contributed by atoms with Gasteiger partial charge in [0.1, 0.15) is 5.75 Å². The van der Waals surface area contributed by atoms with E-state index in [0.29, 0.717) is 12.1 Å². The van der Waals surface area contributed by atoms with Gasteiger partial charge in [-0.3, -0.25) is 4.79 Å². The summed E-state index contributed by atoms with van der Waals surface area (Å²) in [6.45, 7) is 3.29. The Bertz CT molecular complexity index is 626. The van der Waals surface area contributed by atoms with Crippen molar-refractivity contribution in [2.24, 2.45) is 0 Å². The number of ether oxygens (including phenoxy) is 1. The van der Waals surface area contributed by atoms with E-state index in [4.69, 9.17) is 4.74 Å². The van der Waals surface area contributed by atoms with Crippen LogP contribution in [0.25, 0.3) is 0 Å². The van der Waals surface area contributed by atoms with Gasteiger partial charge in [0.25, 0.3) is 5.91 Å². The van der Waals surface area contributed by atoms with Crippen molar-refractivity contribution < 1.29 is 9.53 Å². The maximum atomic E-state index is 12.2. The number of anilines is 1. The first-order valence-electron chi connectivity index (χ1n) is 7.31. The van der Waals surface area contributed by atoms with Crippen molar-refractivity contribution in [3.8, 4) is 5.75 Å². The number of hydrogen-bond donors (Lipinski definition) is 1. The Balaban J connectivity index is 1.88. The van der Waals surface area contributed by atoms with Gasteiger partial charge in [0.15, 0.2) is 0 Å². The number of methoxy groups -OCH3 is 1. The van der Waals surface area contributed by atoms with Gasteiger partial charge < -0.3 is 15.0 Å². The van der Waals surface area contributed by atoms with Crippen molar-refractivity contribution >= 4 is 11.6 Å². The molecule has 0 atom stereocenters. The molecule has 0 unspecified atom stereocenters. The maximum Gasteiger partial charge on any atom is 0.251 e. The zero-order chi connectivity index (χ0) is 15.9. The van der Waals surface area contributed by atoms with Crippen LogP contribution in [0.2, 0.25) is 0 Å². The van der Waals surface area contributed by atoms with E-state index >= 15 is 0 Å². The van der Waals surface area contributed by atoms with Crippen LogP contribution in [0, 0.1) is 6.92 Å². The van der Waals surface area contributed by atoms with E-state index in [9.17, 15) is 4.79 Å². The maximum absolute atomic E-state index is 12.2. The highest BCUT2D eigenvalue weighted by Crippen LogP contribution is 2.18. The topological polar surface area (TPSA) is 41.6 Å². The van der Waals surface area contributed by atoms with Gasteiger partial charge in [0.05, 0.1) is 7.11 Å². The van der Waals surface area contributed by atoms with Crippen LogP contribution < -0.4 is 15.0 Å². The predicted molar refractivity (Wildman–Crippen MR) is 89.8 cm³/mol. The Kier molecular flexibility index (Phi) is 5.42. The fraction of sp³-hybridized carbons (Fsp3) is 0.278. The third-order valence-corrected chi connectivity index (χ3v) is 3.60. The molecule has 0 fully saturated rings. The smallest absolute Gasteiger partial charge is 0.251 e. The molecule has 4 nitrogen and oxygen atoms in total. The van der Waals surface area contributed by atoms with Gasteiger partial charge in [-0.1, -0.05) is 24.3 Å². The van der Waals surface area contributed by atoms with Gasteiger partial charge in [-0.05, 0) is 36.8 Å². The molecule has 1 N–H and O–H groups in total. The summed E-state index contributed by atoms with van der Waals surface area (Å²) in [5.74, 6) is 0.647. The van der Waals surface area contributed by atoms with Crippen molar-refractivity contribution in [1.82, 2.24) is 5.32 Å². The minimum absolute atomic E-state index is 0.0836. The van der Waals surface area contributed by atoms with Gasteiger partial charge >= 0.3 is 0 Å². The minimum Gasteiger partial charge on any atom is -0.496 e. The minimum atomic E-state index is -0.0836. The molecule has 2 rings (SSSR count). The van der Waals surface area contributed by atoms with Crippen LogP contribution in [0.5, 0.6) is 5.75 Å². The summed E-state index contributed by atoms with van der Waals surface area (Å²) in [4.78, 5) is 14.3. The lowest BCUT2D eigenvalue weighted by atomic mass is 10.1. The molecule has 116 valence electrons. The Morgan fingerprint density at radius 3 is 2.59 bits per heavy atom. The molecule has 0 radical (unpaired) electrons. The lowest BCUT2D eigenvalue weighted by Gasteiger charge is -2.19. The number of likely N-dealkylation sites (N-methyl/N-ethyl adjacent to an activating group) is 1. The second-order valence-corrected chi connectivity index (χ2v) is 5.20. The standard InChI is InChI=1S/C18H22N2O2/c1-14-9-10-15(13-17(14)22-3)18(21)19-11-12-20(2)16-7-5-4-6-8-16/h4-10,13H,11-12H2,1-3H3,(H,19,21). The molecule has 0 aromatic heterocycles. The molecule has 2 aromatic rings. The van der Waals surface area contributed by atoms with Crippen LogP contribution in [0.3, 0.4) is 0 Å². The Labute approximate surface area is 131 Å². The van der Waals surface area contributed by atoms with Crippen molar-refractivity contribution in [3.05, 3.63) is 59.7 Å². The average Bonchev–Trinajstić information content (AvgIpc) is 2.55. The molecule has 0 saturated carbocycles. The number of para-hydroxylation sites is 1. The fourth-order valence-electron chi connectivity index (χ4n) is 2.21. The summed E-state index contributed by atoms with van der Waals surface area (Å²) in [6.07, 6.45) is 0. The zero-order valence-corrected chi connectivity index (χ0v) is 13.3. The summed E-state index contributed by atoms with van der Waals surface area (Å²) >= 11 is 0. The first kappa shape index (κ1) is 15.9. The largest absolute Gasteiger partial charge is 0.496 e. The lowest BCUT2D eigenvalue weighted by Crippen LogP contribution is -2.32. The van der Waals surface area contributed by atoms with Gasteiger partial charge in [0.2, 0.25) is 0 Å². The van der Waals surface area contributed by atoms with Crippen LogP contribution in [-0.2, 0) is 0 Å². The summed E-state index contributed by atoms with van der Waals surface area (Å²) in [7, 11) is 3.62. The Hall–Kier alpha value is -2.49. The molecule has 0 spiro atoms. The van der Waals surface area contributed by atoms with Gasteiger partial charge in [0, 0.05) is 31.4 Å². The third-order valence-electron chi connectivity index (χ3n) is 3.60. The first-order valence-corrected chi connectivity index (χ1v) is 7.31. The van der Waals surface area contributed by atoms with E-state index in [1.165, 1.54) is 0 Å². The Morgan fingerprint density at radius 1 is 1.18 bits per heavy atom. The van der Waals surface area contributed by atoms with E-state index in [1.54, 1.807) is 13.2 Å². The van der Waals surface area contributed by atoms with Crippen LogP contribution in [0.15, 0.2) is 48.5 Å². The molecule has 0 aliphatic heterocycles. The van der Waals surface area contributed by atoms with Gasteiger partial charge in [-0.2, -0.15) is 0 Å². The van der Waals surface area contributed by atoms with Gasteiger partial charge in [-0.15, -0.1) is 0 Å².